The molecule has 0 atom stereocenters. The van der Waals surface area contributed by atoms with Crippen molar-refractivity contribution in [1.82, 2.24) is 9.88 Å². The quantitative estimate of drug-likeness (QED) is 0.892. The minimum Gasteiger partial charge on any atom is -0.330 e. The van der Waals surface area contributed by atoms with Crippen molar-refractivity contribution in [2.75, 3.05) is 6.54 Å². The van der Waals surface area contributed by atoms with Gasteiger partial charge in [0, 0.05) is 24.4 Å². The summed E-state index contributed by atoms with van der Waals surface area (Å²) in [6, 6.07) is 2.47. The fourth-order valence-electron chi connectivity index (χ4n) is 2.13. The maximum absolute atomic E-state index is 12.6. The van der Waals surface area contributed by atoms with Crippen LogP contribution < -0.4 is 5.73 Å². The Hall–Kier alpha value is -1.24. The second-order valence-corrected chi connectivity index (χ2v) is 6.68. The van der Waals surface area contributed by atoms with Gasteiger partial charge in [0.1, 0.15) is 5.69 Å². The Morgan fingerprint density at radius 1 is 1.45 bits per heavy atom. The van der Waals surface area contributed by atoms with Gasteiger partial charge in [-0.05, 0) is 41.8 Å². The van der Waals surface area contributed by atoms with Crippen LogP contribution in [0.5, 0.6) is 0 Å². The van der Waals surface area contributed by atoms with E-state index in [1.54, 1.807) is 11.3 Å². The smallest absolute Gasteiger partial charge is 0.273 e. The molecule has 3 rings (SSSR count). The van der Waals surface area contributed by atoms with Crippen LogP contribution in [0.15, 0.2) is 22.2 Å². The number of hydrogen-bond acceptors (Lipinski definition) is 5. The number of nitrogens with zero attached hydrogens (tertiary/aromatic N) is 2. The first-order valence-electron chi connectivity index (χ1n) is 6.74. The average Bonchev–Trinajstić information content (AvgIpc) is 2.97. The first-order chi connectivity index (χ1) is 9.78. The largest absolute Gasteiger partial charge is 0.330 e. The van der Waals surface area contributed by atoms with Crippen LogP contribution in [0.2, 0.25) is 0 Å². The highest BCUT2D eigenvalue weighted by Gasteiger charge is 2.34. The van der Waals surface area contributed by atoms with E-state index in [0.29, 0.717) is 24.8 Å². The summed E-state index contributed by atoms with van der Waals surface area (Å²) in [6.45, 7) is 1.26. The second kappa shape index (κ2) is 6.03. The van der Waals surface area contributed by atoms with Crippen LogP contribution in [-0.2, 0) is 13.0 Å². The molecule has 106 valence electrons. The molecule has 4 nitrogen and oxygen atoms in total. The van der Waals surface area contributed by atoms with Crippen molar-refractivity contribution in [2.24, 2.45) is 5.73 Å². The predicted molar refractivity (Wildman–Crippen MR) is 82.1 cm³/mol. The molecule has 0 unspecified atom stereocenters. The topological polar surface area (TPSA) is 59.2 Å². The molecule has 2 heterocycles. The van der Waals surface area contributed by atoms with E-state index in [1.165, 1.54) is 16.9 Å². The van der Waals surface area contributed by atoms with Crippen LogP contribution in [0, 0.1) is 0 Å². The van der Waals surface area contributed by atoms with E-state index in [9.17, 15) is 4.79 Å². The van der Waals surface area contributed by atoms with Gasteiger partial charge in [0.15, 0.2) is 0 Å². The normalized spacial score (nSPS) is 14.4. The number of thiazole rings is 1. The number of amides is 1. The first kappa shape index (κ1) is 13.7. The van der Waals surface area contributed by atoms with E-state index in [0.717, 1.165) is 24.3 Å². The molecule has 1 aliphatic carbocycles. The summed E-state index contributed by atoms with van der Waals surface area (Å²) < 4.78 is 0. The molecule has 0 radical (unpaired) electrons. The minimum absolute atomic E-state index is 0.0539. The van der Waals surface area contributed by atoms with E-state index >= 15 is 0 Å². The Morgan fingerprint density at radius 3 is 2.95 bits per heavy atom. The number of nitrogens with two attached hydrogens (primary N) is 1. The Bertz CT molecular complexity index is 575. The summed E-state index contributed by atoms with van der Waals surface area (Å²) in [7, 11) is 0. The third-order valence-corrected chi connectivity index (χ3v) is 4.95. The van der Waals surface area contributed by atoms with Crippen molar-refractivity contribution in [3.8, 4) is 0 Å². The summed E-state index contributed by atoms with van der Waals surface area (Å²) in [5.74, 6) is 0.0539. The highest BCUT2D eigenvalue weighted by molar-refractivity contribution is 7.09. The van der Waals surface area contributed by atoms with Crippen molar-refractivity contribution in [3.63, 3.8) is 0 Å². The van der Waals surface area contributed by atoms with Gasteiger partial charge in [-0.15, -0.1) is 11.3 Å². The molecule has 0 bridgehead atoms. The second-order valence-electron chi connectivity index (χ2n) is 4.96. The molecule has 20 heavy (non-hydrogen) atoms. The zero-order valence-electron chi connectivity index (χ0n) is 11.1. The molecule has 1 fully saturated rings. The van der Waals surface area contributed by atoms with Crippen molar-refractivity contribution in [3.05, 3.63) is 38.5 Å². The van der Waals surface area contributed by atoms with Gasteiger partial charge in [-0.1, -0.05) is 0 Å². The Balaban J connectivity index is 1.74. The zero-order chi connectivity index (χ0) is 13.9. The third-order valence-electron chi connectivity index (χ3n) is 3.31. The predicted octanol–water partition coefficient (Wildman–Crippen LogP) is 2.51. The van der Waals surface area contributed by atoms with Crippen molar-refractivity contribution < 1.29 is 4.79 Å². The van der Waals surface area contributed by atoms with Crippen LogP contribution >= 0.6 is 22.7 Å². The highest BCUT2D eigenvalue weighted by Crippen LogP contribution is 2.30. The molecule has 1 saturated carbocycles. The molecule has 1 amide bonds. The number of carbonyl (C=O) groups is 1. The van der Waals surface area contributed by atoms with Crippen LogP contribution in [0.4, 0.5) is 0 Å². The molecular formula is C14H17N3OS2. The molecule has 2 N–H and O–H groups in total. The Kier molecular flexibility index (Phi) is 4.14. The number of carbonyl (C=O) groups excluding carboxylic acids is 1. The van der Waals surface area contributed by atoms with Crippen molar-refractivity contribution >= 4 is 28.6 Å². The molecule has 6 heteroatoms. The monoisotopic (exact) mass is 307 g/mol. The van der Waals surface area contributed by atoms with Gasteiger partial charge in [0.25, 0.3) is 5.91 Å². The number of thiophene rings is 1. The van der Waals surface area contributed by atoms with Crippen LogP contribution in [0.1, 0.15) is 33.9 Å². The van der Waals surface area contributed by atoms with Gasteiger partial charge in [-0.25, -0.2) is 4.98 Å². The summed E-state index contributed by atoms with van der Waals surface area (Å²) in [4.78, 5) is 19.0. The first-order valence-corrected chi connectivity index (χ1v) is 8.56. The minimum atomic E-state index is 0.0539. The molecule has 2 aromatic rings. The van der Waals surface area contributed by atoms with E-state index in [4.69, 9.17) is 5.73 Å². The molecule has 1 aliphatic rings. The van der Waals surface area contributed by atoms with Gasteiger partial charge < -0.3 is 10.6 Å². The lowest BCUT2D eigenvalue weighted by molar-refractivity contribution is 0.0724. The lowest BCUT2D eigenvalue weighted by Crippen LogP contribution is -2.32. The molecule has 0 saturated heterocycles. The maximum atomic E-state index is 12.6. The molecule has 0 aliphatic heterocycles. The molecule has 0 aromatic carbocycles. The van der Waals surface area contributed by atoms with Crippen molar-refractivity contribution in [2.45, 2.75) is 31.8 Å². The van der Waals surface area contributed by atoms with Crippen molar-refractivity contribution in [1.29, 1.82) is 0 Å². The lowest BCUT2D eigenvalue weighted by Gasteiger charge is -2.20. The van der Waals surface area contributed by atoms with Crippen LogP contribution in [-0.4, -0.2) is 28.4 Å². The van der Waals surface area contributed by atoms with E-state index in [2.05, 4.69) is 16.4 Å². The van der Waals surface area contributed by atoms with Crippen LogP contribution in [0.3, 0.4) is 0 Å². The summed E-state index contributed by atoms with van der Waals surface area (Å²) in [5, 5.41) is 6.95. The highest BCUT2D eigenvalue weighted by atomic mass is 32.1. The summed E-state index contributed by atoms with van der Waals surface area (Å²) in [6.07, 6.45) is 2.96. The van der Waals surface area contributed by atoms with Gasteiger partial charge >= 0.3 is 0 Å². The fraction of sp³-hybridized carbons (Fsp3) is 0.429. The SMILES string of the molecule is NCCc1nc(C(=O)N(Cc2ccsc2)C2CC2)cs1. The Morgan fingerprint density at radius 2 is 2.30 bits per heavy atom. The fourth-order valence-corrected chi connectivity index (χ4v) is 3.57. The maximum Gasteiger partial charge on any atom is 0.273 e. The zero-order valence-corrected chi connectivity index (χ0v) is 12.8. The van der Waals surface area contributed by atoms with Gasteiger partial charge in [-0.2, -0.15) is 11.3 Å². The van der Waals surface area contributed by atoms with Gasteiger partial charge in [-0.3, -0.25) is 4.79 Å². The van der Waals surface area contributed by atoms with E-state index < -0.39 is 0 Å². The standard InChI is InChI=1S/C14H17N3OS2/c15-5-3-13-16-12(9-20-13)14(18)17(11-1-2-11)7-10-4-6-19-8-10/h4,6,8-9,11H,1-3,5,7,15H2. The lowest BCUT2D eigenvalue weighted by atomic mass is 10.3. The number of rotatable bonds is 6. The van der Waals surface area contributed by atoms with Crippen LogP contribution in [0.25, 0.3) is 0 Å². The molecule has 0 spiro atoms. The van der Waals surface area contributed by atoms with E-state index in [1.807, 2.05) is 15.7 Å². The molecule has 2 aromatic heterocycles. The number of aromatic nitrogens is 1. The third kappa shape index (κ3) is 3.08. The van der Waals surface area contributed by atoms with Gasteiger partial charge in [0.2, 0.25) is 0 Å². The average molecular weight is 307 g/mol. The Labute approximate surface area is 126 Å². The number of hydrogen-bond donors (Lipinski definition) is 1. The van der Waals surface area contributed by atoms with Gasteiger partial charge in [0.05, 0.1) is 5.01 Å². The molecular weight excluding hydrogens is 290 g/mol. The van der Waals surface area contributed by atoms with E-state index in [-0.39, 0.29) is 5.91 Å². The summed E-state index contributed by atoms with van der Waals surface area (Å²) in [5.41, 5.74) is 7.30. The summed E-state index contributed by atoms with van der Waals surface area (Å²) >= 11 is 3.19.